The number of hydrogen-bond donors (Lipinski definition) is 0. The molecule has 8 heteroatoms. The summed E-state index contributed by atoms with van der Waals surface area (Å²) in [4.78, 5) is 7.60. The highest BCUT2D eigenvalue weighted by Crippen LogP contribution is 2.55. The fourth-order valence-corrected chi connectivity index (χ4v) is 14.9. The first kappa shape index (κ1) is 45.6. The van der Waals surface area contributed by atoms with Crippen molar-refractivity contribution in [3.63, 3.8) is 0 Å². The third-order valence-corrected chi connectivity index (χ3v) is 19.8. The molecule has 0 radical (unpaired) electrons. The van der Waals surface area contributed by atoms with Crippen LogP contribution in [0.1, 0.15) is 77.6 Å². The molecule has 3 aliphatic rings. The Morgan fingerprint density at radius 2 is 0.831 bits per heavy atom. The molecule has 71 heavy (non-hydrogen) atoms. The van der Waals surface area contributed by atoms with Crippen molar-refractivity contribution in [3.05, 3.63) is 168 Å². The summed E-state index contributed by atoms with van der Waals surface area (Å²) in [5, 5.41) is 4.91. The Morgan fingerprint density at radius 3 is 1.21 bits per heavy atom. The Balaban J connectivity index is 1.26. The zero-order valence-electron chi connectivity index (χ0n) is 44.1. The Labute approximate surface area is 423 Å². The minimum absolute atomic E-state index is 0.0113. The van der Waals surface area contributed by atoms with Crippen LogP contribution in [0.5, 0.6) is 0 Å². The van der Waals surface area contributed by atoms with E-state index in [1.165, 1.54) is 49.5 Å². The molecule has 356 valence electrons. The van der Waals surface area contributed by atoms with E-state index in [0.29, 0.717) is 0 Å². The molecule has 5 heterocycles. The molecule has 0 saturated heterocycles. The van der Waals surface area contributed by atoms with Crippen molar-refractivity contribution < 1.29 is 8.83 Å². The van der Waals surface area contributed by atoms with E-state index in [4.69, 9.17) is 8.83 Å². The molecular formula is C63H66BN3O2Si2. The molecule has 0 amide bonds. The molecule has 5 nitrogen and oxygen atoms in total. The van der Waals surface area contributed by atoms with Crippen LogP contribution in [0, 0.1) is 0 Å². The lowest BCUT2D eigenvalue weighted by atomic mass is 9.37. The molecule has 2 aromatic heterocycles. The summed E-state index contributed by atoms with van der Waals surface area (Å²) in [6, 6.07) is 55.3. The van der Waals surface area contributed by atoms with Gasteiger partial charge in [-0.2, -0.15) is 0 Å². The van der Waals surface area contributed by atoms with Gasteiger partial charge in [-0.1, -0.05) is 180 Å². The van der Waals surface area contributed by atoms with E-state index in [1.54, 1.807) is 0 Å². The van der Waals surface area contributed by atoms with Crippen LogP contribution >= 0.6 is 0 Å². The second-order valence-corrected chi connectivity index (χ2v) is 35.2. The van der Waals surface area contributed by atoms with E-state index >= 15 is 0 Å². The van der Waals surface area contributed by atoms with Gasteiger partial charge >= 0.3 is 6.71 Å². The van der Waals surface area contributed by atoms with Crippen molar-refractivity contribution in [2.45, 2.75) is 111 Å². The number of furan rings is 2. The summed E-state index contributed by atoms with van der Waals surface area (Å²) in [5.41, 5.74) is 20.1. The molecule has 0 unspecified atom stereocenters. The number of hydrogen-bond acceptors (Lipinski definition) is 5. The molecule has 0 fully saturated rings. The van der Waals surface area contributed by atoms with Gasteiger partial charge in [0, 0.05) is 38.9 Å². The second kappa shape index (κ2) is 15.3. The molecule has 12 rings (SSSR count). The number of benzene rings is 7. The van der Waals surface area contributed by atoms with Gasteiger partial charge in [-0.05, 0) is 110 Å². The predicted molar refractivity (Wildman–Crippen MR) is 310 cm³/mol. The van der Waals surface area contributed by atoms with Crippen LogP contribution in [0.2, 0.25) is 39.3 Å². The molecule has 0 bridgehead atoms. The van der Waals surface area contributed by atoms with E-state index in [1.807, 2.05) is 0 Å². The van der Waals surface area contributed by atoms with Crippen LogP contribution in [-0.4, -0.2) is 22.9 Å². The lowest BCUT2D eigenvalue weighted by Gasteiger charge is -2.44. The molecular weight excluding hydrogens is 898 g/mol. The van der Waals surface area contributed by atoms with Gasteiger partial charge in [-0.3, -0.25) is 0 Å². The van der Waals surface area contributed by atoms with Gasteiger partial charge in [0.05, 0.1) is 44.6 Å². The Morgan fingerprint density at radius 1 is 0.437 bits per heavy atom. The number of nitrogens with zero attached hydrogens (tertiary/aromatic N) is 3. The molecule has 9 aromatic rings. The van der Waals surface area contributed by atoms with Crippen LogP contribution in [0.25, 0.3) is 21.9 Å². The van der Waals surface area contributed by atoms with Crippen molar-refractivity contribution in [3.8, 4) is 0 Å². The maximum atomic E-state index is 7.65. The van der Waals surface area contributed by atoms with E-state index in [0.717, 1.165) is 73.1 Å². The van der Waals surface area contributed by atoms with Crippen molar-refractivity contribution >= 4 is 123 Å². The highest BCUT2D eigenvalue weighted by molar-refractivity contribution is 7.00. The second-order valence-electron chi connectivity index (χ2n) is 25.1. The first-order chi connectivity index (χ1) is 33.5. The smallest absolute Gasteiger partial charge is 0.342 e. The molecule has 0 spiro atoms. The number of fused-ring (bicyclic) bond motifs is 10. The van der Waals surface area contributed by atoms with Crippen LogP contribution < -0.4 is 41.9 Å². The van der Waals surface area contributed by atoms with Crippen LogP contribution in [0.4, 0.5) is 51.2 Å². The van der Waals surface area contributed by atoms with Crippen molar-refractivity contribution in [1.29, 1.82) is 0 Å². The number of anilines is 9. The van der Waals surface area contributed by atoms with Crippen LogP contribution in [0.15, 0.2) is 154 Å². The van der Waals surface area contributed by atoms with Gasteiger partial charge in [0.1, 0.15) is 22.5 Å². The average molecular weight is 964 g/mol. The van der Waals surface area contributed by atoms with Gasteiger partial charge in [0.25, 0.3) is 0 Å². The summed E-state index contributed by atoms with van der Waals surface area (Å²) in [6.07, 6.45) is 0. The SMILES string of the molecule is CC(C)(C)c1ccc(N2c3cc(N4c5ccccc5C(C)(C)c5ccccc54)cc4c3B(c3oc5c([Si](C)(C)C)cccc5c32)c2oc3c([Si](C)(C)C)cccc3c2N4c2ccc(C(C)(C)C)cc2)cc1. The van der Waals surface area contributed by atoms with Gasteiger partial charge < -0.3 is 23.5 Å². The van der Waals surface area contributed by atoms with Crippen molar-refractivity contribution in [2.24, 2.45) is 0 Å². The quantitative estimate of drug-likeness (QED) is 0.161. The Hall–Kier alpha value is -6.48. The number of rotatable bonds is 5. The summed E-state index contributed by atoms with van der Waals surface area (Å²) in [7, 11) is -3.82. The highest BCUT2D eigenvalue weighted by Gasteiger charge is 2.51. The first-order valence-electron chi connectivity index (χ1n) is 25.6. The van der Waals surface area contributed by atoms with Crippen molar-refractivity contribution in [2.75, 3.05) is 14.7 Å². The maximum absolute atomic E-state index is 7.65. The predicted octanol–water partition coefficient (Wildman–Crippen LogP) is 15.1. The molecule has 0 saturated carbocycles. The monoisotopic (exact) mass is 963 g/mol. The van der Waals surface area contributed by atoms with E-state index < -0.39 is 16.1 Å². The first-order valence-corrected chi connectivity index (χ1v) is 32.6. The van der Waals surface area contributed by atoms with E-state index in [-0.39, 0.29) is 23.0 Å². The molecule has 0 aliphatic carbocycles. The van der Waals surface area contributed by atoms with Gasteiger partial charge in [0.2, 0.25) is 0 Å². The van der Waals surface area contributed by atoms with Gasteiger partial charge in [-0.15, -0.1) is 0 Å². The fraction of sp³-hybridized carbons (Fsp3) is 0.270. The zero-order chi connectivity index (χ0) is 49.9. The number of para-hydroxylation sites is 4. The minimum atomic E-state index is -1.91. The summed E-state index contributed by atoms with van der Waals surface area (Å²) in [6.45, 7) is 32.8. The Kier molecular flexibility index (Phi) is 9.82. The van der Waals surface area contributed by atoms with Crippen LogP contribution in [-0.2, 0) is 16.2 Å². The van der Waals surface area contributed by atoms with Gasteiger partial charge in [0.15, 0.2) is 0 Å². The van der Waals surface area contributed by atoms with Gasteiger partial charge in [-0.25, -0.2) is 0 Å². The third-order valence-electron chi connectivity index (χ3n) is 15.8. The summed E-state index contributed by atoms with van der Waals surface area (Å²) < 4.78 is 15.3. The molecule has 0 N–H and O–H groups in total. The molecule has 7 aromatic carbocycles. The van der Waals surface area contributed by atoms with E-state index in [2.05, 4.69) is 255 Å². The third kappa shape index (κ3) is 6.84. The maximum Gasteiger partial charge on any atom is 0.342 e. The average Bonchev–Trinajstić information content (AvgIpc) is 3.90. The van der Waals surface area contributed by atoms with Crippen LogP contribution in [0.3, 0.4) is 0 Å². The normalized spacial score (nSPS) is 15.2. The fourth-order valence-electron chi connectivity index (χ4n) is 12.0. The van der Waals surface area contributed by atoms with E-state index in [9.17, 15) is 0 Å². The lowest BCUT2D eigenvalue weighted by molar-refractivity contribution is 0.590. The standard InChI is InChI=1S/C63H66BN3O2Si2/c1-61(2,3)39-29-33-41(34-30-39)66-50-37-43(65-48-25-17-15-23-46(48)63(7,8)47-24-16-18-26-49(47)65)38-51-54(50)64(59-55(66)44-21-19-27-52(57(44)68-59)70(9,10)11)60-56(45-22-20-28-53(58(45)69-60)71(12,13)14)67(51)42-35-31-40(32-36-42)62(4,5)6/h15-38H,1-14H3. The summed E-state index contributed by atoms with van der Waals surface area (Å²) >= 11 is 0. The molecule has 3 aliphatic heterocycles. The van der Waals surface area contributed by atoms with Crippen molar-refractivity contribution in [1.82, 2.24) is 0 Å². The largest absolute Gasteiger partial charge is 0.468 e. The Bertz CT molecular complexity index is 3400. The zero-order valence-corrected chi connectivity index (χ0v) is 46.1. The minimum Gasteiger partial charge on any atom is -0.468 e. The highest BCUT2D eigenvalue weighted by atomic mass is 28.3. The lowest BCUT2D eigenvalue weighted by Crippen LogP contribution is -2.60. The summed E-state index contributed by atoms with van der Waals surface area (Å²) in [5.74, 6) is 0. The topological polar surface area (TPSA) is 36.0 Å². The molecule has 0 atom stereocenters.